The van der Waals surface area contributed by atoms with E-state index in [9.17, 15) is 14.4 Å². The van der Waals surface area contributed by atoms with Gasteiger partial charge in [-0.15, -0.1) is 0 Å². The second-order valence-electron chi connectivity index (χ2n) is 6.33. The zero-order valence-corrected chi connectivity index (χ0v) is 16.7. The Kier molecular flexibility index (Phi) is 7.46. The molecule has 0 aromatic rings. The molecule has 1 rings (SSSR count). The van der Waals surface area contributed by atoms with Crippen LogP contribution in [0.4, 0.5) is 9.59 Å². The van der Waals surface area contributed by atoms with Crippen molar-refractivity contribution < 1.29 is 28.6 Å². The van der Waals surface area contributed by atoms with Gasteiger partial charge >= 0.3 is 18.2 Å². The molecule has 0 aliphatic carbocycles. The second-order valence-corrected chi connectivity index (χ2v) is 8.84. The minimum atomic E-state index is -1.74. The molecule has 0 spiro atoms. The molecule has 0 unspecified atom stereocenters. The number of nitrogens with zero attached hydrogens (tertiary/aromatic N) is 2. The van der Waals surface area contributed by atoms with Crippen molar-refractivity contribution in [2.45, 2.75) is 36.2 Å². The van der Waals surface area contributed by atoms with Gasteiger partial charge in [0.25, 0.3) is 0 Å². The molecule has 1 aliphatic heterocycles. The van der Waals surface area contributed by atoms with Crippen molar-refractivity contribution in [1.82, 2.24) is 9.80 Å². The Morgan fingerprint density at radius 3 is 2.16 bits per heavy atom. The molecule has 0 aromatic heterocycles. The fourth-order valence-corrected chi connectivity index (χ4v) is 2.22. The number of carbonyl (C=O) groups is 3. The third-order valence-electron chi connectivity index (χ3n) is 3.10. The highest BCUT2D eigenvalue weighted by Crippen LogP contribution is 2.26. The first-order chi connectivity index (χ1) is 11.3. The monoisotopic (exact) mass is 418 g/mol. The average molecular weight is 420 g/mol. The smallest absolute Gasteiger partial charge is 0.411 e. The van der Waals surface area contributed by atoms with Crippen molar-refractivity contribution in [3.05, 3.63) is 0 Å². The number of hydrogen-bond donors (Lipinski definition) is 0. The Morgan fingerprint density at radius 1 is 1.08 bits per heavy atom. The highest BCUT2D eigenvalue weighted by molar-refractivity contribution is 6.67. The Labute approximate surface area is 161 Å². The van der Waals surface area contributed by atoms with Crippen LogP contribution in [0.1, 0.15) is 20.8 Å². The number of halogens is 3. The molecule has 0 radical (unpaired) electrons. The summed E-state index contributed by atoms with van der Waals surface area (Å²) in [7, 11) is 1.19. The van der Waals surface area contributed by atoms with Gasteiger partial charge in [-0.25, -0.2) is 14.4 Å². The number of esters is 1. The zero-order chi connectivity index (χ0) is 19.4. The molecule has 1 aliphatic rings. The van der Waals surface area contributed by atoms with Crippen LogP contribution in [0.15, 0.2) is 0 Å². The van der Waals surface area contributed by atoms with Gasteiger partial charge in [0.05, 0.1) is 13.7 Å². The summed E-state index contributed by atoms with van der Waals surface area (Å²) in [5.41, 5.74) is -0.724. The molecule has 11 heteroatoms. The van der Waals surface area contributed by atoms with Gasteiger partial charge in [-0.3, -0.25) is 4.90 Å². The molecule has 144 valence electrons. The van der Waals surface area contributed by atoms with E-state index < -0.39 is 40.2 Å². The number of amides is 2. The van der Waals surface area contributed by atoms with Crippen molar-refractivity contribution in [3.63, 3.8) is 0 Å². The summed E-state index contributed by atoms with van der Waals surface area (Å²) in [5.74, 6) is -0.676. The number of alkyl halides is 3. The lowest BCUT2D eigenvalue weighted by atomic mass is 10.1. The third kappa shape index (κ3) is 7.33. The zero-order valence-electron chi connectivity index (χ0n) is 14.4. The van der Waals surface area contributed by atoms with Gasteiger partial charge in [-0.1, -0.05) is 34.8 Å². The predicted molar refractivity (Wildman–Crippen MR) is 92.0 cm³/mol. The Hall–Kier alpha value is -1.12. The van der Waals surface area contributed by atoms with E-state index in [4.69, 9.17) is 49.0 Å². The van der Waals surface area contributed by atoms with E-state index in [-0.39, 0.29) is 19.6 Å². The van der Waals surface area contributed by atoms with E-state index in [0.717, 1.165) is 0 Å². The lowest BCUT2D eigenvalue weighted by Crippen LogP contribution is -2.60. The fourth-order valence-electron chi connectivity index (χ4n) is 2.06. The molecule has 0 bridgehead atoms. The molecular formula is C14H21Cl3N2O6. The van der Waals surface area contributed by atoms with Crippen LogP contribution in [0.3, 0.4) is 0 Å². The first-order valence-electron chi connectivity index (χ1n) is 7.40. The standard InChI is InChI=1S/C14H21Cl3N2O6/c1-13(2,3)25-12(22)19-6-5-18(7-9(19)10(20)23-4)11(21)24-8-14(15,16)17/h9H,5-8H2,1-4H3/t9-/m1/s1. The van der Waals surface area contributed by atoms with Gasteiger partial charge in [0.15, 0.2) is 6.04 Å². The molecule has 25 heavy (non-hydrogen) atoms. The fraction of sp³-hybridized carbons (Fsp3) is 0.786. The molecule has 1 atom stereocenters. The van der Waals surface area contributed by atoms with E-state index in [2.05, 4.69) is 0 Å². The van der Waals surface area contributed by atoms with E-state index >= 15 is 0 Å². The topological polar surface area (TPSA) is 85.4 Å². The van der Waals surface area contributed by atoms with E-state index in [0.29, 0.717) is 0 Å². The van der Waals surface area contributed by atoms with Crippen LogP contribution >= 0.6 is 34.8 Å². The molecular weight excluding hydrogens is 399 g/mol. The SMILES string of the molecule is COC(=O)[C@H]1CN(C(=O)OCC(Cl)(Cl)Cl)CCN1C(=O)OC(C)(C)C. The van der Waals surface area contributed by atoms with Gasteiger partial charge in [0, 0.05) is 13.1 Å². The van der Waals surface area contributed by atoms with Crippen LogP contribution in [-0.4, -0.2) is 76.7 Å². The third-order valence-corrected chi connectivity index (χ3v) is 3.43. The molecule has 8 nitrogen and oxygen atoms in total. The van der Waals surface area contributed by atoms with Crippen LogP contribution in [-0.2, 0) is 19.0 Å². The lowest BCUT2D eigenvalue weighted by Gasteiger charge is -2.39. The van der Waals surface area contributed by atoms with E-state index in [1.165, 1.54) is 16.9 Å². The van der Waals surface area contributed by atoms with E-state index in [1.807, 2.05) is 0 Å². The number of carbonyl (C=O) groups excluding carboxylic acids is 3. The van der Waals surface area contributed by atoms with Crippen LogP contribution in [0.5, 0.6) is 0 Å². The largest absolute Gasteiger partial charge is 0.467 e. The molecule has 1 fully saturated rings. The van der Waals surface area contributed by atoms with Crippen molar-refractivity contribution in [2.24, 2.45) is 0 Å². The Morgan fingerprint density at radius 2 is 1.68 bits per heavy atom. The number of rotatable bonds is 2. The molecule has 0 saturated carbocycles. The first-order valence-corrected chi connectivity index (χ1v) is 8.53. The minimum Gasteiger partial charge on any atom is -0.467 e. The molecule has 2 amide bonds. The van der Waals surface area contributed by atoms with Gasteiger partial charge in [0.1, 0.15) is 12.2 Å². The van der Waals surface area contributed by atoms with E-state index in [1.54, 1.807) is 20.8 Å². The lowest BCUT2D eigenvalue weighted by molar-refractivity contribution is -0.148. The summed E-state index contributed by atoms with van der Waals surface area (Å²) in [6.07, 6.45) is -1.43. The second kappa shape index (κ2) is 8.51. The van der Waals surface area contributed by atoms with Gasteiger partial charge in [-0.2, -0.15) is 0 Å². The van der Waals surface area contributed by atoms with Crippen LogP contribution in [0.25, 0.3) is 0 Å². The number of ether oxygens (including phenoxy) is 3. The van der Waals surface area contributed by atoms with Crippen LogP contribution in [0.2, 0.25) is 0 Å². The van der Waals surface area contributed by atoms with Crippen molar-refractivity contribution in [2.75, 3.05) is 33.4 Å². The summed E-state index contributed by atoms with van der Waals surface area (Å²) in [6.45, 7) is 4.77. The quantitative estimate of drug-likeness (QED) is 0.388. The van der Waals surface area contributed by atoms with Crippen molar-refractivity contribution >= 4 is 53.0 Å². The maximum atomic E-state index is 12.3. The summed E-state index contributed by atoms with van der Waals surface area (Å²) < 4.78 is 13.1. The van der Waals surface area contributed by atoms with Gasteiger partial charge in [0.2, 0.25) is 3.79 Å². The minimum absolute atomic E-state index is 0.0670. The van der Waals surface area contributed by atoms with Crippen LogP contribution < -0.4 is 0 Å². The number of hydrogen-bond acceptors (Lipinski definition) is 6. The van der Waals surface area contributed by atoms with Crippen LogP contribution in [0, 0.1) is 0 Å². The molecule has 0 aromatic carbocycles. The number of methoxy groups -OCH3 is 1. The summed E-state index contributed by atoms with van der Waals surface area (Å²) in [6, 6.07) is -1.02. The summed E-state index contributed by atoms with van der Waals surface area (Å²) >= 11 is 16.6. The van der Waals surface area contributed by atoms with Gasteiger partial charge < -0.3 is 19.1 Å². The predicted octanol–water partition coefficient (Wildman–Crippen LogP) is 2.59. The van der Waals surface area contributed by atoms with Crippen molar-refractivity contribution in [3.8, 4) is 0 Å². The molecule has 0 N–H and O–H groups in total. The first kappa shape index (κ1) is 21.9. The average Bonchev–Trinajstić information content (AvgIpc) is 2.48. The normalized spacial score (nSPS) is 18.6. The highest BCUT2D eigenvalue weighted by Gasteiger charge is 2.40. The Bertz CT molecular complexity index is 518. The van der Waals surface area contributed by atoms with Crippen molar-refractivity contribution in [1.29, 1.82) is 0 Å². The maximum Gasteiger partial charge on any atom is 0.411 e. The summed E-state index contributed by atoms with van der Waals surface area (Å²) in [5, 5.41) is 0. The maximum absolute atomic E-state index is 12.3. The van der Waals surface area contributed by atoms with Gasteiger partial charge in [-0.05, 0) is 20.8 Å². The molecule has 1 heterocycles. The highest BCUT2D eigenvalue weighted by atomic mass is 35.6. The molecule has 1 saturated heterocycles. The summed E-state index contributed by atoms with van der Waals surface area (Å²) in [4.78, 5) is 38.8. The number of piperazine rings is 1. The Balaban J connectivity index is 2.80.